The van der Waals surface area contributed by atoms with Crippen LogP contribution < -0.4 is 0 Å². The van der Waals surface area contributed by atoms with Gasteiger partial charge in [-0.1, -0.05) is 28.1 Å². The van der Waals surface area contributed by atoms with E-state index in [2.05, 4.69) is 15.9 Å². The molecule has 2 atom stereocenters. The molecule has 6 heteroatoms. The van der Waals surface area contributed by atoms with Crippen LogP contribution in [-0.4, -0.2) is 53.0 Å². The van der Waals surface area contributed by atoms with Gasteiger partial charge < -0.3 is 10.0 Å². The number of amides is 1. The van der Waals surface area contributed by atoms with Crippen LogP contribution in [0.5, 0.6) is 0 Å². The first-order valence-electron chi connectivity index (χ1n) is 7.70. The molecule has 23 heavy (non-hydrogen) atoms. The molecule has 1 heterocycles. The minimum atomic E-state index is -0.789. The van der Waals surface area contributed by atoms with Gasteiger partial charge in [0.2, 0.25) is 5.91 Å². The number of halogens is 1. The van der Waals surface area contributed by atoms with Crippen molar-refractivity contribution >= 4 is 27.8 Å². The first-order chi connectivity index (χ1) is 10.7. The minimum absolute atomic E-state index is 0.0163. The van der Waals surface area contributed by atoms with Crippen molar-refractivity contribution in [3.8, 4) is 0 Å². The Labute approximate surface area is 145 Å². The summed E-state index contributed by atoms with van der Waals surface area (Å²) >= 11 is 3.40. The number of rotatable bonds is 5. The van der Waals surface area contributed by atoms with E-state index in [4.69, 9.17) is 0 Å². The highest BCUT2D eigenvalue weighted by Gasteiger charge is 2.43. The summed E-state index contributed by atoms with van der Waals surface area (Å²) in [5.41, 5.74) is 0.312. The van der Waals surface area contributed by atoms with Crippen molar-refractivity contribution in [3.63, 3.8) is 0 Å². The Kier molecular flexibility index (Phi) is 5.47. The molecule has 1 amide bonds. The van der Waals surface area contributed by atoms with Crippen LogP contribution in [0.3, 0.4) is 0 Å². The predicted octanol–water partition coefficient (Wildman–Crippen LogP) is 2.59. The molecule has 0 radical (unpaired) electrons. The van der Waals surface area contributed by atoms with E-state index >= 15 is 0 Å². The van der Waals surface area contributed by atoms with E-state index in [0.717, 1.165) is 10.0 Å². The van der Waals surface area contributed by atoms with Gasteiger partial charge in [-0.2, -0.15) is 0 Å². The van der Waals surface area contributed by atoms with Crippen LogP contribution in [0.2, 0.25) is 0 Å². The smallest absolute Gasteiger partial charge is 0.310 e. The summed E-state index contributed by atoms with van der Waals surface area (Å²) in [6, 6.07) is 7.56. The van der Waals surface area contributed by atoms with Crippen molar-refractivity contribution in [2.45, 2.75) is 32.9 Å². The molecule has 5 nitrogen and oxygen atoms in total. The second kappa shape index (κ2) is 7.01. The maximum absolute atomic E-state index is 12.6. The van der Waals surface area contributed by atoms with Crippen LogP contribution in [0, 0.1) is 5.41 Å². The zero-order valence-corrected chi connectivity index (χ0v) is 15.3. The van der Waals surface area contributed by atoms with E-state index in [1.807, 2.05) is 36.1 Å². The fraction of sp³-hybridized carbons (Fsp3) is 0.529. The summed E-state index contributed by atoms with van der Waals surface area (Å²) in [7, 11) is 1.79. The number of hydrogen-bond acceptors (Lipinski definition) is 3. The average Bonchev–Trinajstić information content (AvgIpc) is 2.92. The molecular formula is C17H23BrN2O3. The third-order valence-electron chi connectivity index (χ3n) is 4.63. The van der Waals surface area contributed by atoms with Crippen molar-refractivity contribution in [2.75, 3.05) is 20.1 Å². The van der Waals surface area contributed by atoms with E-state index in [-0.39, 0.29) is 11.9 Å². The lowest BCUT2D eigenvalue weighted by molar-refractivity contribution is -0.147. The quantitative estimate of drug-likeness (QED) is 0.849. The Balaban J connectivity index is 1.96. The summed E-state index contributed by atoms with van der Waals surface area (Å²) in [6.45, 7) is 5.20. The molecule has 2 unspecified atom stereocenters. The van der Waals surface area contributed by atoms with Crippen molar-refractivity contribution in [2.24, 2.45) is 5.41 Å². The van der Waals surface area contributed by atoms with E-state index in [0.29, 0.717) is 26.1 Å². The van der Waals surface area contributed by atoms with Crippen molar-refractivity contribution in [1.82, 2.24) is 9.80 Å². The van der Waals surface area contributed by atoms with Gasteiger partial charge in [-0.15, -0.1) is 0 Å². The Morgan fingerprint density at radius 1 is 1.39 bits per heavy atom. The molecule has 1 saturated heterocycles. The average molecular weight is 383 g/mol. The maximum Gasteiger partial charge on any atom is 0.310 e. The number of likely N-dealkylation sites (tertiary alicyclic amines) is 1. The molecule has 2 rings (SSSR count). The molecule has 0 saturated carbocycles. The van der Waals surface area contributed by atoms with E-state index in [1.165, 1.54) is 0 Å². The largest absolute Gasteiger partial charge is 0.481 e. The number of benzene rings is 1. The second-order valence-corrected chi connectivity index (χ2v) is 7.50. The van der Waals surface area contributed by atoms with Crippen LogP contribution >= 0.6 is 15.9 Å². The Hall–Kier alpha value is -1.40. The Bertz CT molecular complexity index is 590. The zero-order valence-electron chi connectivity index (χ0n) is 13.8. The standard InChI is InChI=1S/C17H23BrN2O3/c1-12(20-9-8-17(2,11-20)16(22)23)15(21)19(3)10-13-4-6-14(18)7-5-13/h4-7,12H,8-11H2,1-3H3,(H,22,23). The van der Waals surface area contributed by atoms with Crippen molar-refractivity contribution < 1.29 is 14.7 Å². The zero-order chi connectivity index (χ0) is 17.2. The van der Waals surface area contributed by atoms with Gasteiger partial charge in [0.05, 0.1) is 11.5 Å². The fourth-order valence-electron chi connectivity index (χ4n) is 2.92. The third-order valence-corrected chi connectivity index (χ3v) is 5.16. The molecule has 1 fully saturated rings. The summed E-state index contributed by atoms with van der Waals surface area (Å²) in [5, 5.41) is 9.31. The second-order valence-electron chi connectivity index (χ2n) is 6.58. The molecule has 126 valence electrons. The molecule has 0 aliphatic carbocycles. The first kappa shape index (κ1) is 17.9. The summed E-state index contributed by atoms with van der Waals surface area (Å²) < 4.78 is 1.01. The van der Waals surface area contributed by atoms with Gasteiger partial charge in [-0.05, 0) is 38.0 Å². The molecule has 0 aromatic heterocycles. The van der Waals surface area contributed by atoms with Crippen LogP contribution in [0.1, 0.15) is 25.8 Å². The lowest BCUT2D eigenvalue weighted by Crippen LogP contribution is -2.45. The molecular weight excluding hydrogens is 360 g/mol. The molecule has 1 aromatic rings. The van der Waals surface area contributed by atoms with Gasteiger partial charge in [0.1, 0.15) is 0 Å². The number of carbonyl (C=O) groups excluding carboxylic acids is 1. The van der Waals surface area contributed by atoms with Gasteiger partial charge in [0.15, 0.2) is 0 Å². The van der Waals surface area contributed by atoms with Gasteiger partial charge in [-0.3, -0.25) is 14.5 Å². The number of hydrogen-bond donors (Lipinski definition) is 1. The minimum Gasteiger partial charge on any atom is -0.481 e. The number of aliphatic carboxylic acids is 1. The lowest BCUT2D eigenvalue weighted by Gasteiger charge is -2.29. The molecule has 1 aromatic carbocycles. The Morgan fingerprint density at radius 3 is 2.52 bits per heavy atom. The van der Waals surface area contributed by atoms with E-state index in [9.17, 15) is 14.7 Å². The lowest BCUT2D eigenvalue weighted by atomic mass is 9.90. The number of likely N-dealkylation sites (N-methyl/N-ethyl adjacent to an activating group) is 1. The highest BCUT2D eigenvalue weighted by atomic mass is 79.9. The topological polar surface area (TPSA) is 60.9 Å². The van der Waals surface area contributed by atoms with Crippen LogP contribution in [-0.2, 0) is 16.1 Å². The number of carboxylic acids is 1. The van der Waals surface area contributed by atoms with Crippen LogP contribution in [0.25, 0.3) is 0 Å². The van der Waals surface area contributed by atoms with Crippen molar-refractivity contribution in [1.29, 1.82) is 0 Å². The number of carbonyl (C=O) groups is 2. The monoisotopic (exact) mass is 382 g/mol. The van der Waals surface area contributed by atoms with Crippen LogP contribution in [0.4, 0.5) is 0 Å². The van der Waals surface area contributed by atoms with Gasteiger partial charge in [0.25, 0.3) is 0 Å². The number of nitrogens with zero attached hydrogens (tertiary/aromatic N) is 2. The van der Waals surface area contributed by atoms with Gasteiger partial charge in [0, 0.05) is 31.2 Å². The summed E-state index contributed by atoms with van der Waals surface area (Å²) in [4.78, 5) is 27.6. The maximum atomic E-state index is 12.6. The fourth-order valence-corrected chi connectivity index (χ4v) is 3.18. The molecule has 1 N–H and O–H groups in total. The summed E-state index contributed by atoms with van der Waals surface area (Å²) in [6.07, 6.45) is 0.580. The van der Waals surface area contributed by atoms with Crippen molar-refractivity contribution in [3.05, 3.63) is 34.3 Å². The molecule has 1 aliphatic rings. The summed E-state index contributed by atoms with van der Waals surface area (Å²) in [5.74, 6) is -0.773. The highest BCUT2D eigenvalue weighted by molar-refractivity contribution is 9.10. The highest BCUT2D eigenvalue weighted by Crippen LogP contribution is 2.31. The Morgan fingerprint density at radius 2 is 2.00 bits per heavy atom. The van der Waals surface area contributed by atoms with Gasteiger partial charge in [-0.25, -0.2) is 0 Å². The molecule has 0 spiro atoms. The SMILES string of the molecule is CC(C(=O)N(C)Cc1ccc(Br)cc1)N1CCC(C)(C(=O)O)C1. The van der Waals surface area contributed by atoms with E-state index < -0.39 is 11.4 Å². The predicted molar refractivity (Wildman–Crippen MR) is 92.0 cm³/mol. The first-order valence-corrected chi connectivity index (χ1v) is 8.49. The normalized spacial score (nSPS) is 22.8. The third kappa shape index (κ3) is 4.12. The molecule has 0 bridgehead atoms. The van der Waals surface area contributed by atoms with Gasteiger partial charge >= 0.3 is 5.97 Å². The van der Waals surface area contributed by atoms with Crippen LogP contribution in [0.15, 0.2) is 28.7 Å². The van der Waals surface area contributed by atoms with E-state index in [1.54, 1.807) is 18.9 Å². The molecule has 1 aliphatic heterocycles. The number of carboxylic acid groups (broad SMARTS) is 1.